The number of oxazole rings is 1. The largest absolute Gasteiger partial charge is 0.480 e. The van der Waals surface area contributed by atoms with Crippen LogP contribution in [0.15, 0.2) is 31.7 Å². The van der Waals surface area contributed by atoms with Gasteiger partial charge >= 0.3 is 0 Å². The van der Waals surface area contributed by atoms with Gasteiger partial charge in [0.2, 0.25) is 5.88 Å². The second kappa shape index (κ2) is 4.84. The molecule has 0 saturated heterocycles. The molecule has 0 N–H and O–H groups in total. The second-order valence-corrected chi connectivity index (χ2v) is 4.64. The zero-order chi connectivity index (χ0) is 11.5. The molecule has 5 nitrogen and oxygen atoms in total. The number of hydrogen-bond acceptors (Lipinski definition) is 6. The summed E-state index contributed by atoms with van der Waals surface area (Å²) in [4.78, 5) is 12.4. The Kier molecular flexibility index (Phi) is 3.45. The van der Waals surface area contributed by atoms with Crippen molar-refractivity contribution in [3.05, 3.63) is 22.6 Å². The molecule has 0 bridgehead atoms. The van der Waals surface area contributed by atoms with Gasteiger partial charge in [-0.15, -0.1) is 0 Å². The summed E-state index contributed by atoms with van der Waals surface area (Å²) in [5.74, 6) is 0.487. The van der Waals surface area contributed by atoms with Crippen LogP contribution in [0.1, 0.15) is 5.69 Å². The Bertz CT molecular complexity index is 503. The van der Waals surface area contributed by atoms with Crippen molar-refractivity contribution >= 4 is 27.7 Å². The first-order chi connectivity index (χ1) is 7.69. The molecule has 2 heterocycles. The summed E-state index contributed by atoms with van der Waals surface area (Å²) in [5, 5.41) is 1.05. The number of ether oxygens (including phenoxy) is 1. The van der Waals surface area contributed by atoms with E-state index in [-0.39, 0.29) is 0 Å². The SMILES string of the molecule is COc1nc(Sc2nc(C)co2)ncc1Br. The van der Waals surface area contributed by atoms with E-state index in [1.54, 1.807) is 19.6 Å². The van der Waals surface area contributed by atoms with E-state index in [2.05, 4.69) is 30.9 Å². The van der Waals surface area contributed by atoms with E-state index < -0.39 is 0 Å². The molecule has 0 aliphatic carbocycles. The Balaban J connectivity index is 2.21. The molecule has 0 aliphatic heterocycles. The molecule has 84 valence electrons. The van der Waals surface area contributed by atoms with Gasteiger partial charge in [-0.1, -0.05) is 0 Å². The minimum absolute atomic E-state index is 0.487. The predicted molar refractivity (Wildman–Crippen MR) is 61.6 cm³/mol. The van der Waals surface area contributed by atoms with E-state index in [0.717, 1.165) is 5.69 Å². The maximum Gasteiger partial charge on any atom is 0.263 e. The van der Waals surface area contributed by atoms with Crippen LogP contribution in [-0.4, -0.2) is 22.1 Å². The Morgan fingerprint density at radius 1 is 1.44 bits per heavy atom. The first-order valence-corrected chi connectivity index (χ1v) is 5.96. The highest BCUT2D eigenvalue weighted by atomic mass is 79.9. The number of methoxy groups -OCH3 is 1. The summed E-state index contributed by atoms with van der Waals surface area (Å²) in [5.41, 5.74) is 0.826. The molecule has 0 spiro atoms. The first kappa shape index (κ1) is 11.4. The molecule has 0 saturated carbocycles. The van der Waals surface area contributed by atoms with Crippen molar-refractivity contribution in [2.45, 2.75) is 17.3 Å². The van der Waals surface area contributed by atoms with Crippen LogP contribution in [0.2, 0.25) is 0 Å². The van der Waals surface area contributed by atoms with Gasteiger partial charge in [-0.25, -0.2) is 9.97 Å². The molecule has 0 atom stereocenters. The molecule has 0 unspecified atom stereocenters. The van der Waals surface area contributed by atoms with Gasteiger partial charge in [0, 0.05) is 18.0 Å². The first-order valence-electron chi connectivity index (χ1n) is 4.35. The Morgan fingerprint density at radius 2 is 2.25 bits per heavy atom. The van der Waals surface area contributed by atoms with Gasteiger partial charge in [0.05, 0.1) is 17.3 Å². The molecule has 16 heavy (non-hydrogen) atoms. The third-order valence-electron chi connectivity index (χ3n) is 1.66. The van der Waals surface area contributed by atoms with E-state index in [0.29, 0.717) is 20.7 Å². The van der Waals surface area contributed by atoms with Crippen LogP contribution in [0, 0.1) is 6.92 Å². The van der Waals surface area contributed by atoms with E-state index in [1.165, 1.54) is 11.8 Å². The summed E-state index contributed by atoms with van der Waals surface area (Å²) in [6.45, 7) is 1.86. The quantitative estimate of drug-likeness (QED) is 0.812. The standard InChI is InChI=1S/C9H8BrN3O2S/c1-5-4-15-9(12-5)16-8-11-3-6(10)7(13-8)14-2/h3-4H,1-2H3. The normalized spacial score (nSPS) is 10.4. The zero-order valence-electron chi connectivity index (χ0n) is 8.60. The molecular weight excluding hydrogens is 294 g/mol. The van der Waals surface area contributed by atoms with Crippen LogP contribution in [0.4, 0.5) is 0 Å². The summed E-state index contributed by atoms with van der Waals surface area (Å²) in [6.07, 6.45) is 3.21. The second-order valence-electron chi connectivity index (χ2n) is 2.87. The topological polar surface area (TPSA) is 61.0 Å². The van der Waals surface area contributed by atoms with Crippen molar-refractivity contribution in [2.75, 3.05) is 7.11 Å². The molecule has 7 heteroatoms. The van der Waals surface area contributed by atoms with Gasteiger partial charge in [-0.05, 0) is 22.9 Å². The number of aromatic nitrogens is 3. The molecular formula is C9H8BrN3O2S. The van der Waals surface area contributed by atoms with Crippen LogP contribution >= 0.6 is 27.7 Å². The van der Waals surface area contributed by atoms with Gasteiger partial charge in [0.1, 0.15) is 6.26 Å². The van der Waals surface area contributed by atoms with Crippen molar-refractivity contribution in [3.63, 3.8) is 0 Å². The molecule has 0 radical (unpaired) electrons. The average molecular weight is 302 g/mol. The zero-order valence-corrected chi connectivity index (χ0v) is 11.0. The van der Waals surface area contributed by atoms with Crippen LogP contribution in [0.3, 0.4) is 0 Å². The van der Waals surface area contributed by atoms with Gasteiger partial charge in [0.25, 0.3) is 5.22 Å². The van der Waals surface area contributed by atoms with Crippen LogP contribution in [0.25, 0.3) is 0 Å². The monoisotopic (exact) mass is 301 g/mol. The fourth-order valence-electron chi connectivity index (χ4n) is 0.986. The summed E-state index contributed by atoms with van der Waals surface area (Å²) < 4.78 is 11.0. The minimum Gasteiger partial charge on any atom is -0.480 e. The third-order valence-corrected chi connectivity index (χ3v) is 2.95. The highest BCUT2D eigenvalue weighted by Crippen LogP contribution is 2.28. The average Bonchev–Trinajstić information content (AvgIpc) is 2.67. The smallest absolute Gasteiger partial charge is 0.263 e. The highest BCUT2D eigenvalue weighted by Gasteiger charge is 2.09. The lowest BCUT2D eigenvalue weighted by Crippen LogP contribution is -1.93. The van der Waals surface area contributed by atoms with E-state index in [1.807, 2.05) is 6.92 Å². The summed E-state index contributed by atoms with van der Waals surface area (Å²) >= 11 is 4.53. The van der Waals surface area contributed by atoms with Gasteiger partial charge in [-0.3, -0.25) is 0 Å². The summed E-state index contributed by atoms with van der Waals surface area (Å²) in [6, 6.07) is 0. The lowest BCUT2D eigenvalue weighted by atomic mass is 10.6. The Labute approximate surface area is 105 Å². The highest BCUT2D eigenvalue weighted by molar-refractivity contribution is 9.10. The van der Waals surface area contributed by atoms with Crippen molar-refractivity contribution in [1.29, 1.82) is 0 Å². The van der Waals surface area contributed by atoms with Crippen molar-refractivity contribution in [1.82, 2.24) is 15.0 Å². The van der Waals surface area contributed by atoms with E-state index in [9.17, 15) is 0 Å². The van der Waals surface area contributed by atoms with Crippen LogP contribution in [0.5, 0.6) is 5.88 Å². The predicted octanol–water partition coefficient (Wildman–Crippen LogP) is 2.70. The summed E-state index contributed by atoms with van der Waals surface area (Å²) in [7, 11) is 1.55. The van der Waals surface area contributed by atoms with Gasteiger partial charge in [-0.2, -0.15) is 4.98 Å². The number of hydrogen-bond donors (Lipinski definition) is 0. The number of aryl methyl sites for hydroxylation is 1. The fourth-order valence-corrected chi connectivity index (χ4v) is 2.01. The van der Waals surface area contributed by atoms with Crippen molar-refractivity contribution in [3.8, 4) is 5.88 Å². The number of nitrogens with zero attached hydrogens (tertiary/aromatic N) is 3. The van der Waals surface area contributed by atoms with Crippen molar-refractivity contribution in [2.24, 2.45) is 0 Å². The Hall–Kier alpha value is -1.08. The van der Waals surface area contributed by atoms with Crippen LogP contribution < -0.4 is 4.74 Å². The number of halogens is 1. The lowest BCUT2D eigenvalue weighted by Gasteiger charge is -2.02. The fraction of sp³-hybridized carbons (Fsp3) is 0.222. The lowest BCUT2D eigenvalue weighted by molar-refractivity contribution is 0.389. The minimum atomic E-state index is 0.487. The maximum absolute atomic E-state index is 5.19. The molecule has 0 aromatic carbocycles. The molecule has 0 amide bonds. The maximum atomic E-state index is 5.19. The number of rotatable bonds is 3. The molecule has 2 aromatic heterocycles. The van der Waals surface area contributed by atoms with E-state index in [4.69, 9.17) is 9.15 Å². The van der Waals surface area contributed by atoms with Gasteiger partial charge < -0.3 is 9.15 Å². The molecule has 0 fully saturated rings. The molecule has 0 aliphatic rings. The van der Waals surface area contributed by atoms with Gasteiger partial charge in [0.15, 0.2) is 5.16 Å². The van der Waals surface area contributed by atoms with Crippen LogP contribution in [-0.2, 0) is 0 Å². The van der Waals surface area contributed by atoms with E-state index >= 15 is 0 Å². The molecule has 2 rings (SSSR count). The molecule has 2 aromatic rings. The third kappa shape index (κ3) is 2.53. The van der Waals surface area contributed by atoms with Crippen molar-refractivity contribution < 1.29 is 9.15 Å². The Morgan fingerprint density at radius 3 is 2.88 bits per heavy atom.